The number of aliphatic hydroxyl groups is 1. The van der Waals surface area contributed by atoms with Crippen LogP contribution in [0.5, 0.6) is 0 Å². The largest absolute Gasteiger partial charge is 0.480 e. The molecule has 8 heteroatoms. The fourth-order valence-corrected chi connectivity index (χ4v) is 1.98. The molecule has 0 aromatic heterocycles. The number of carboxylic acid groups (broad SMARTS) is 1. The molecule has 0 amide bonds. The fraction of sp³-hybridized carbons (Fsp3) is 0.857. The van der Waals surface area contributed by atoms with Crippen molar-refractivity contribution in [1.29, 1.82) is 0 Å². The molecule has 0 radical (unpaired) electrons. The zero-order valence-corrected chi connectivity index (χ0v) is 9.25. The molecular weight excluding hydrogens is 224 g/mol. The first-order valence-electron chi connectivity index (χ1n) is 4.53. The van der Waals surface area contributed by atoms with Gasteiger partial charge in [-0.05, 0) is 12.8 Å². The molecule has 7 nitrogen and oxygen atoms in total. The number of rotatable bonds is 8. The Hall–Kier alpha value is -0.700. The van der Waals surface area contributed by atoms with Crippen molar-refractivity contribution in [2.75, 3.05) is 13.2 Å². The van der Waals surface area contributed by atoms with Gasteiger partial charge in [0.1, 0.15) is 6.04 Å². The molecule has 90 valence electrons. The van der Waals surface area contributed by atoms with Crippen LogP contribution in [0.3, 0.4) is 0 Å². The summed E-state index contributed by atoms with van der Waals surface area (Å²) < 4.78 is 26.5. The lowest BCUT2D eigenvalue weighted by Crippen LogP contribution is -2.46. The van der Waals surface area contributed by atoms with Crippen LogP contribution in [0.1, 0.15) is 19.8 Å². The molecule has 0 bridgehead atoms. The van der Waals surface area contributed by atoms with Gasteiger partial charge in [-0.2, -0.15) is 13.1 Å². The van der Waals surface area contributed by atoms with Gasteiger partial charge in [-0.15, -0.1) is 0 Å². The maximum atomic E-state index is 11.2. The number of aliphatic carboxylic acids is 1. The summed E-state index contributed by atoms with van der Waals surface area (Å²) in [4.78, 5) is 10.6. The summed E-state index contributed by atoms with van der Waals surface area (Å²) in [6.45, 7) is 1.62. The van der Waals surface area contributed by atoms with Crippen molar-refractivity contribution in [3.63, 3.8) is 0 Å². The van der Waals surface area contributed by atoms with Crippen molar-refractivity contribution >= 4 is 16.2 Å². The molecule has 0 aliphatic carbocycles. The first-order valence-corrected chi connectivity index (χ1v) is 6.01. The summed E-state index contributed by atoms with van der Waals surface area (Å²) >= 11 is 0. The van der Waals surface area contributed by atoms with Gasteiger partial charge in [0.05, 0.1) is 0 Å². The summed E-state index contributed by atoms with van der Waals surface area (Å²) in [5, 5.41) is 17.2. The van der Waals surface area contributed by atoms with Crippen LogP contribution in [-0.2, 0) is 15.0 Å². The van der Waals surface area contributed by atoms with Crippen molar-refractivity contribution in [2.24, 2.45) is 0 Å². The predicted molar refractivity (Wildman–Crippen MR) is 53.5 cm³/mol. The highest BCUT2D eigenvalue weighted by atomic mass is 32.2. The van der Waals surface area contributed by atoms with Crippen LogP contribution in [0, 0.1) is 0 Å². The highest BCUT2D eigenvalue weighted by Gasteiger charge is 2.22. The number of carbonyl (C=O) groups is 1. The summed E-state index contributed by atoms with van der Waals surface area (Å²) in [7, 11) is -3.80. The van der Waals surface area contributed by atoms with Crippen molar-refractivity contribution in [2.45, 2.75) is 25.8 Å². The molecule has 0 unspecified atom stereocenters. The highest BCUT2D eigenvalue weighted by Crippen LogP contribution is 1.93. The van der Waals surface area contributed by atoms with E-state index in [-0.39, 0.29) is 13.0 Å². The van der Waals surface area contributed by atoms with Crippen LogP contribution >= 0.6 is 0 Å². The molecule has 0 aliphatic heterocycles. The predicted octanol–water partition coefficient (Wildman–Crippen LogP) is -1.34. The van der Waals surface area contributed by atoms with E-state index in [1.807, 2.05) is 4.72 Å². The lowest BCUT2D eigenvalue weighted by Gasteiger charge is -2.13. The first-order chi connectivity index (χ1) is 6.93. The Bertz CT molecular complexity index is 290. The molecule has 4 N–H and O–H groups in total. The monoisotopic (exact) mass is 240 g/mol. The van der Waals surface area contributed by atoms with Crippen LogP contribution in [-0.4, -0.2) is 43.8 Å². The Labute approximate surface area is 88.7 Å². The second-order valence-corrected chi connectivity index (χ2v) is 4.45. The van der Waals surface area contributed by atoms with E-state index in [0.717, 1.165) is 0 Å². The standard InChI is InChI=1S/C7H16N2O5S/c1-2-4-8-15(13,14)9-6(3-5-10)7(11)12/h6,8-10H,2-5H2,1H3,(H,11,12)/t6-/m1/s1. The van der Waals surface area contributed by atoms with E-state index in [9.17, 15) is 13.2 Å². The SMILES string of the molecule is CCCNS(=O)(=O)N[C@H](CCO)C(=O)O. The van der Waals surface area contributed by atoms with Crippen molar-refractivity contribution in [3.8, 4) is 0 Å². The summed E-state index contributed by atoms with van der Waals surface area (Å²) in [6, 6.07) is -1.30. The van der Waals surface area contributed by atoms with Crippen LogP contribution in [0.4, 0.5) is 0 Å². The van der Waals surface area contributed by atoms with E-state index >= 15 is 0 Å². The van der Waals surface area contributed by atoms with Gasteiger partial charge in [-0.25, -0.2) is 4.72 Å². The maximum absolute atomic E-state index is 11.2. The second-order valence-electron chi connectivity index (χ2n) is 2.92. The molecule has 0 spiro atoms. The van der Waals surface area contributed by atoms with E-state index in [0.29, 0.717) is 6.42 Å². The number of hydrogen-bond acceptors (Lipinski definition) is 4. The minimum atomic E-state index is -3.80. The number of nitrogens with one attached hydrogen (secondary N) is 2. The van der Waals surface area contributed by atoms with Gasteiger partial charge >= 0.3 is 5.97 Å². The van der Waals surface area contributed by atoms with Gasteiger partial charge in [-0.3, -0.25) is 4.79 Å². The number of hydrogen-bond donors (Lipinski definition) is 4. The summed E-state index contributed by atoms with van der Waals surface area (Å²) in [5.41, 5.74) is 0. The molecule has 0 heterocycles. The topological polar surface area (TPSA) is 116 Å². The summed E-state index contributed by atoms with van der Waals surface area (Å²) in [5.74, 6) is -1.31. The van der Waals surface area contributed by atoms with Crippen LogP contribution in [0.15, 0.2) is 0 Å². The molecule has 0 saturated carbocycles. The Balaban J connectivity index is 4.32. The smallest absolute Gasteiger partial charge is 0.321 e. The molecule has 0 aromatic rings. The van der Waals surface area contributed by atoms with Gasteiger partial charge in [0.2, 0.25) is 0 Å². The number of aliphatic hydroxyl groups excluding tert-OH is 1. The van der Waals surface area contributed by atoms with Gasteiger partial charge < -0.3 is 10.2 Å². The van der Waals surface area contributed by atoms with E-state index in [1.54, 1.807) is 6.92 Å². The third-order valence-corrected chi connectivity index (χ3v) is 2.73. The normalized spacial score (nSPS) is 13.7. The lowest BCUT2D eigenvalue weighted by atomic mass is 10.2. The quantitative estimate of drug-likeness (QED) is 0.419. The lowest BCUT2D eigenvalue weighted by molar-refractivity contribution is -0.139. The zero-order chi connectivity index (χ0) is 11.9. The Morgan fingerprint density at radius 2 is 2.07 bits per heavy atom. The van der Waals surface area contributed by atoms with Crippen molar-refractivity contribution in [3.05, 3.63) is 0 Å². The van der Waals surface area contributed by atoms with E-state index < -0.39 is 28.8 Å². The third kappa shape index (κ3) is 6.39. The fourth-order valence-electron chi connectivity index (χ4n) is 0.827. The number of carboxylic acids is 1. The van der Waals surface area contributed by atoms with Gasteiger partial charge in [0, 0.05) is 13.2 Å². The molecule has 0 aliphatic rings. The zero-order valence-electron chi connectivity index (χ0n) is 8.43. The molecule has 1 atom stereocenters. The van der Waals surface area contributed by atoms with Crippen molar-refractivity contribution in [1.82, 2.24) is 9.44 Å². The van der Waals surface area contributed by atoms with Gasteiger partial charge in [0.25, 0.3) is 10.2 Å². The Kier molecular flexibility index (Phi) is 6.41. The second kappa shape index (κ2) is 6.72. The summed E-state index contributed by atoms with van der Waals surface area (Å²) in [6.07, 6.45) is 0.445. The molecule has 0 saturated heterocycles. The van der Waals surface area contributed by atoms with Crippen LogP contribution in [0.25, 0.3) is 0 Å². The minimum Gasteiger partial charge on any atom is -0.480 e. The first kappa shape index (κ1) is 14.3. The minimum absolute atomic E-state index is 0.164. The van der Waals surface area contributed by atoms with Gasteiger partial charge in [-0.1, -0.05) is 6.92 Å². The Morgan fingerprint density at radius 3 is 2.47 bits per heavy atom. The maximum Gasteiger partial charge on any atom is 0.321 e. The van der Waals surface area contributed by atoms with E-state index in [4.69, 9.17) is 10.2 Å². The molecular formula is C7H16N2O5S. The average molecular weight is 240 g/mol. The van der Waals surface area contributed by atoms with Crippen LogP contribution < -0.4 is 9.44 Å². The average Bonchev–Trinajstić information content (AvgIpc) is 2.14. The highest BCUT2D eigenvalue weighted by molar-refractivity contribution is 7.87. The third-order valence-electron chi connectivity index (χ3n) is 1.56. The van der Waals surface area contributed by atoms with Gasteiger partial charge in [0.15, 0.2) is 0 Å². The molecule has 0 aromatic carbocycles. The van der Waals surface area contributed by atoms with E-state index in [2.05, 4.69) is 4.72 Å². The van der Waals surface area contributed by atoms with Crippen LogP contribution in [0.2, 0.25) is 0 Å². The molecule has 0 rings (SSSR count). The Morgan fingerprint density at radius 1 is 1.47 bits per heavy atom. The van der Waals surface area contributed by atoms with Crippen molar-refractivity contribution < 1.29 is 23.4 Å². The molecule has 15 heavy (non-hydrogen) atoms. The van der Waals surface area contributed by atoms with E-state index in [1.165, 1.54) is 0 Å². The molecule has 0 fully saturated rings.